The van der Waals surface area contributed by atoms with Crippen molar-refractivity contribution in [3.8, 4) is 11.5 Å². The molecule has 0 saturated heterocycles. The van der Waals surface area contributed by atoms with Crippen LogP contribution in [0.1, 0.15) is 17.2 Å². The Bertz CT molecular complexity index is 593. The van der Waals surface area contributed by atoms with Crippen molar-refractivity contribution in [2.75, 3.05) is 7.05 Å². The first-order valence-corrected chi connectivity index (χ1v) is 6.00. The highest BCUT2D eigenvalue weighted by molar-refractivity contribution is 5.68. The average Bonchev–Trinajstić information content (AvgIpc) is 2.43. The van der Waals surface area contributed by atoms with Crippen molar-refractivity contribution in [2.24, 2.45) is 0 Å². The molecule has 0 fully saturated rings. The number of hydrogen-bond acceptors (Lipinski definition) is 2. The van der Waals surface area contributed by atoms with Crippen LogP contribution in [-0.2, 0) is 0 Å². The van der Waals surface area contributed by atoms with Gasteiger partial charge in [-0.2, -0.15) is 0 Å². The molecule has 2 aromatic carbocycles. The molecular formula is C15H13NO3. The van der Waals surface area contributed by atoms with Crippen LogP contribution in [0.2, 0.25) is 0 Å². The van der Waals surface area contributed by atoms with E-state index in [-0.39, 0.29) is 6.04 Å². The third-order valence-corrected chi connectivity index (χ3v) is 3.34. The molecule has 3 rings (SSSR count). The Morgan fingerprint density at radius 3 is 2.00 bits per heavy atom. The zero-order chi connectivity index (χ0) is 13.4. The number of nitrogens with zero attached hydrogens (tertiary/aromatic N) is 1. The number of para-hydroxylation sites is 2. The molecule has 1 aliphatic rings. The zero-order valence-corrected chi connectivity index (χ0v) is 10.4. The van der Waals surface area contributed by atoms with Crippen molar-refractivity contribution in [1.29, 1.82) is 0 Å². The number of benzene rings is 2. The number of amides is 1. The Morgan fingerprint density at radius 2 is 1.53 bits per heavy atom. The third kappa shape index (κ3) is 1.81. The second-order valence-electron chi connectivity index (χ2n) is 4.47. The highest BCUT2D eigenvalue weighted by Crippen LogP contribution is 2.44. The van der Waals surface area contributed by atoms with Gasteiger partial charge in [-0.3, -0.25) is 4.90 Å². The van der Waals surface area contributed by atoms with Crippen LogP contribution in [0, 0.1) is 0 Å². The fourth-order valence-corrected chi connectivity index (χ4v) is 2.41. The van der Waals surface area contributed by atoms with Crippen LogP contribution in [0.15, 0.2) is 48.5 Å². The molecule has 0 aromatic heterocycles. The summed E-state index contributed by atoms with van der Waals surface area (Å²) in [6.45, 7) is 0. The van der Waals surface area contributed by atoms with Gasteiger partial charge in [0.2, 0.25) is 0 Å². The van der Waals surface area contributed by atoms with Gasteiger partial charge in [0.1, 0.15) is 11.5 Å². The minimum absolute atomic E-state index is 0.335. The van der Waals surface area contributed by atoms with E-state index in [9.17, 15) is 9.90 Å². The van der Waals surface area contributed by atoms with Crippen LogP contribution in [0.4, 0.5) is 4.79 Å². The molecule has 1 heterocycles. The minimum atomic E-state index is -0.962. The number of fused-ring (bicyclic) bond motifs is 2. The van der Waals surface area contributed by atoms with Gasteiger partial charge in [-0.1, -0.05) is 36.4 Å². The molecule has 0 radical (unpaired) electrons. The predicted molar refractivity (Wildman–Crippen MR) is 70.6 cm³/mol. The van der Waals surface area contributed by atoms with E-state index in [4.69, 9.17) is 4.74 Å². The molecule has 1 N–H and O–H groups in total. The van der Waals surface area contributed by atoms with Gasteiger partial charge in [-0.05, 0) is 12.1 Å². The lowest BCUT2D eigenvalue weighted by Crippen LogP contribution is -2.32. The maximum absolute atomic E-state index is 11.3. The summed E-state index contributed by atoms with van der Waals surface area (Å²) >= 11 is 0. The topological polar surface area (TPSA) is 49.8 Å². The number of carboxylic acid groups (broad SMARTS) is 1. The van der Waals surface area contributed by atoms with E-state index in [0.717, 1.165) is 11.1 Å². The highest BCUT2D eigenvalue weighted by atomic mass is 16.5. The third-order valence-electron chi connectivity index (χ3n) is 3.34. The van der Waals surface area contributed by atoms with Gasteiger partial charge < -0.3 is 9.84 Å². The molecule has 2 aromatic rings. The molecule has 96 valence electrons. The van der Waals surface area contributed by atoms with Crippen molar-refractivity contribution >= 4 is 6.09 Å². The van der Waals surface area contributed by atoms with Crippen LogP contribution in [0.3, 0.4) is 0 Å². The SMILES string of the molecule is CN(C(=O)O)C1c2ccccc2Oc2ccccc21. The summed E-state index contributed by atoms with van der Waals surface area (Å²) in [7, 11) is 1.58. The van der Waals surface area contributed by atoms with Crippen molar-refractivity contribution < 1.29 is 14.6 Å². The van der Waals surface area contributed by atoms with E-state index in [0.29, 0.717) is 11.5 Å². The van der Waals surface area contributed by atoms with Gasteiger partial charge in [0.25, 0.3) is 0 Å². The van der Waals surface area contributed by atoms with Gasteiger partial charge in [0.05, 0.1) is 6.04 Å². The van der Waals surface area contributed by atoms with Gasteiger partial charge in [-0.25, -0.2) is 4.79 Å². The summed E-state index contributed by atoms with van der Waals surface area (Å²) in [4.78, 5) is 12.6. The lowest BCUT2D eigenvalue weighted by Gasteiger charge is -2.32. The first-order valence-electron chi connectivity index (χ1n) is 6.00. The van der Waals surface area contributed by atoms with Crippen LogP contribution in [0.25, 0.3) is 0 Å². The maximum atomic E-state index is 11.3. The quantitative estimate of drug-likeness (QED) is 0.848. The Kier molecular flexibility index (Phi) is 2.63. The van der Waals surface area contributed by atoms with Crippen molar-refractivity contribution in [3.05, 3.63) is 59.7 Å². The van der Waals surface area contributed by atoms with Crippen molar-refractivity contribution in [2.45, 2.75) is 6.04 Å². The number of carbonyl (C=O) groups is 1. The molecule has 0 unspecified atom stereocenters. The molecule has 1 aliphatic heterocycles. The van der Waals surface area contributed by atoms with Crippen LogP contribution in [-0.4, -0.2) is 23.1 Å². The number of ether oxygens (including phenoxy) is 1. The van der Waals surface area contributed by atoms with Crippen LogP contribution >= 0.6 is 0 Å². The second kappa shape index (κ2) is 4.31. The van der Waals surface area contributed by atoms with Gasteiger partial charge in [0, 0.05) is 18.2 Å². The smallest absolute Gasteiger partial charge is 0.407 e. The van der Waals surface area contributed by atoms with E-state index < -0.39 is 6.09 Å². The number of rotatable bonds is 1. The van der Waals surface area contributed by atoms with E-state index in [1.807, 2.05) is 48.5 Å². The first-order chi connectivity index (χ1) is 9.18. The lowest BCUT2D eigenvalue weighted by molar-refractivity contribution is 0.143. The molecule has 0 aliphatic carbocycles. The Hall–Kier alpha value is -2.49. The Morgan fingerprint density at radius 1 is 1.05 bits per heavy atom. The molecule has 0 spiro atoms. The monoisotopic (exact) mass is 255 g/mol. The van der Waals surface area contributed by atoms with E-state index in [1.165, 1.54) is 4.90 Å². The fraction of sp³-hybridized carbons (Fsp3) is 0.133. The van der Waals surface area contributed by atoms with E-state index >= 15 is 0 Å². The van der Waals surface area contributed by atoms with Crippen LogP contribution in [0.5, 0.6) is 11.5 Å². The summed E-state index contributed by atoms with van der Waals surface area (Å²) in [6.07, 6.45) is -0.962. The summed E-state index contributed by atoms with van der Waals surface area (Å²) < 4.78 is 5.82. The first kappa shape index (κ1) is 11.6. The fourth-order valence-electron chi connectivity index (χ4n) is 2.41. The Balaban J connectivity index is 2.19. The highest BCUT2D eigenvalue weighted by Gasteiger charge is 2.31. The summed E-state index contributed by atoms with van der Waals surface area (Å²) in [5.41, 5.74) is 1.73. The van der Waals surface area contributed by atoms with Gasteiger partial charge in [-0.15, -0.1) is 0 Å². The number of hydrogen-bond donors (Lipinski definition) is 1. The molecule has 1 amide bonds. The van der Waals surface area contributed by atoms with Crippen molar-refractivity contribution in [1.82, 2.24) is 4.90 Å². The standard InChI is InChI=1S/C15H13NO3/c1-16(15(17)18)14-10-6-2-4-8-12(10)19-13-9-5-3-7-11(13)14/h2-9,14H,1H3,(H,17,18). The minimum Gasteiger partial charge on any atom is -0.465 e. The average molecular weight is 255 g/mol. The zero-order valence-electron chi connectivity index (χ0n) is 10.4. The molecule has 0 bridgehead atoms. The van der Waals surface area contributed by atoms with E-state index in [1.54, 1.807) is 7.05 Å². The van der Waals surface area contributed by atoms with Gasteiger partial charge in [0.15, 0.2) is 0 Å². The molecule has 19 heavy (non-hydrogen) atoms. The predicted octanol–water partition coefficient (Wildman–Crippen LogP) is 3.49. The molecule has 0 atom stereocenters. The van der Waals surface area contributed by atoms with Gasteiger partial charge >= 0.3 is 6.09 Å². The maximum Gasteiger partial charge on any atom is 0.407 e. The summed E-state index contributed by atoms with van der Waals surface area (Å²) in [5, 5.41) is 9.27. The van der Waals surface area contributed by atoms with E-state index in [2.05, 4.69) is 0 Å². The lowest BCUT2D eigenvalue weighted by atomic mass is 9.94. The molecule has 4 nitrogen and oxygen atoms in total. The summed E-state index contributed by atoms with van der Waals surface area (Å²) in [6, 6.07) is 14.7. The second-order valence-corrected chi connectivity index (χ2v) is 4.47. The largest absolute Gasteiger partial charge is 0.465 e. The van der Waals surface area contributed by atoms with Crippen LogP contribution < -0.4 is 4.74 Å². The Labute approximate surface area is 110 Å². The van der Waals surface area contributed by atoms with Crippen molar-refractivity contribution in [3.63, 3.8) is 0 Å². The molecular weight excluding hydrogens is 242 g/mol. The summed E-state index contributed by atoms with van der Waals surface area (Å²) in [5.74, 6) is 1.42. The normalized spacial score (nSPS) is 13.1. The molecule has 4 heteroatoms. The molecule has 0 saturated carbocycles.